The molecule has 5 heteroatoms. The van der Waals surface area contributed by atoms with Crippen LogP contribution in [-0.4, -0.2) is 37.2 Å². The molecule has 1 aliphatic carbocycles. The van der Waals surface area contributed by atoms with Crippen molar-refractivity contribution in [2.75, 3.05) is 20.3 Å². The highest BCUT2D eigenvalue weighted by atomic mass is 16.5. The molecule has 0 aromatic rings. The van der Waals surface area contributed by atoms with Crippen LogP contribution in [0.25, 0.3) is 0 Å². The molecule has 1 rings (SSSR count). The summed E-state index contributed by atoms with van der Waals surface area (Å²) in [5, 5.41) is 11.9. The van der Waals surface area contributed by atoms with Crippen LogP contribution in [0.4, 0.5) is 0 Å². The van der Waals surface area contributed by atoms with Crippen LogP contribution in [0.15, 0.2) is 0 Å². The molecule has 0 spiro atoms. The first-order chi connectivity index (χ1) is 8.63. The Morgan fingerprint density at radius 1 is 1.32 bits per heavy atom. The van der Waals surface area contributed by atoms with Crippen molar-refractivity contribution in [3.05, 3.63) is 0 Å². The zero-order valence-electron chi connectivity index (χ0n) is 12.4. The number of carbonyl (C=O) groups excluding carboxylic acids is 1. The van der Waals surface area contributed by atoms with Gasteiger partial charge in [0.1, 0.15) is 0 Å². The van der Waals surface area contributed by atoms with Crippen molar-refractivity contribution in [1.29, 1.82) is 0 Å². The van der Waals surface area contributed by atoms with Gasteiger partial charge in [0.05, 0.1) is 11.8 Å². The standard InChI is InChI=1S/C14H25NO4/c1-13(2,6-7-19-5)8-15-11(16)9-10(12(17)18)14(9,3)4/h9-10H,6-8H2,1-5H3,(H,15,16)(H,17,18)/t9-,10+/m1/s1. The van der Waals surface area contributed by atoms with Gasteiger partial charge in [0.15, 0.2) is 0 Å². The van der Waals surface area contributed by atoms with Crippen molar-refractivity contribution in [3.63, 3.8) is 0 Å². The normalized spacial score (nSPS) is 24.9. The quantitative estimate of drug-likeness (QED) is 0.736. The Morgan fingerprint density at radius 2 is 1.89 bits per heavy atom. The summed E-state index contributed by atoms with van der Waals surface area (Å²) in [7, 11) is 1.65. The summed E-state index contributed by atoms with van der Waals surface area (Å²) in [5.41, 5.74) is -0.490. The molecule has 19 heavy (non-hydrogen) atoms. The van der Waals surface area contributed by atoms with Gasteiger partial charge in [0.25, 0.3) is 0 Å². The van der Waals surface area contributed by atoms with Crippen molar-refractivity contribution < 1.29 is 19.4 Å². The summed E-state index contributed by atoms with van der Waals surface area (Å²) < 4.78 is 5.04. The van der Waals surface area contributed by atoms with Crippen LogP contribution in [-0.2, 0) is 14.3 Å². The van der Waals surface area contributed by atoms with E-state index in [4.69, 9.17) is 9.84 Å². The van der Waals surface area contributed by atoms with E-state index < -0.39 is 23.2 Å². The lowest BCUT2D eigenvalue weighted by Crippen LogP contribution is -2.36. The molecule has 1 amide bonds. The van der Waals surface area contributed by atoms with E-state index in [2.05, 4.69) is 19.2 Å². The van der Waals surface area contributed by atoms with E-state index in [0.29, 0.717) is 13.2 Å². The maximum Gasteiger partial charge on any atom is 0.307 e. The van der Waals surface area contributed by atoms with E-state index in [1.54, 1.807) is 7.11 Å². The van der Waals surface area contributed by atoms with Crippen molar-refractivity contribution in [2.24, 2.45) is 22.7 Å². The van der Waals surface area contributed by atoms with Gasteiger partial charge < -0.3 is 15.2 Å². The lowest BCUT2D eigenvalue weighted by atomic mass is 9.89. The third-order valence-corrected chi connectivity index (χ3v) is 4.10. The van der Waals surface area contributed by atoms with Crippen LogP contribution in [0.3, 0.4) is 0 Å². The van der Waals surface area contributed by atoms with Gasteiger partial charge in [-0.15, -0.1) is 0 Å². The number of carboxylic acids is 1. The van der Waals surface area contributed by atoms with E-state index in [1.165, 1.54) is 0 Å². The van der Waals surface area contributed by atoms with Crippen LogP contribution in [0.2, 0.25) is 0 Å². The summed E-state index contributed by atoms with van der Waals surface area (Å²) in [6.07, 6.45) is 0.847. The van der Waals surface area contributed by atoms with Gasteiger partial charge in [-0.3, -0.25) is 9.59 Å². The zero-order chi connectivity index (χ0) is 14.8. The second kappa shape index (κ2) is 5.49. The van der Waals surface area contributed by atoms with Crippen LogP contribution < -0.4 is 5.32 Å². The van der Waals surface area contributed by atoms with Crippen LogP contribution >= 0.6 is 0 Å². The number of rotatable bonds is 7. The molecule has 1 saturated carbocycles. The summed E-state index contributed by atoms with van der Waals surface area (Å²) in [5.74, 6) is -2.01. The first-order valence-corrected chi connectivity index (χ1v) is 6.63. The molecule has 1 aliphatic rings. The van der Waals surface area contributed by atoms with E-state index in [1.807, 2.05) is 13.8 Å². The van der Waals surface area contributed by atoms with Crippen LogP contribution in [0.5, 0.6) is 0 Å². The third kappa shape index (κ3) is 3.69. The fourth-order valence-electron chi connectivity index (χ4n) is 2.49. The lowest BCUT2D eigenvalue weighted by Gasteiger charge is -2.24. The number of methoxy groups -OCH3 is 1. The molecule has 2 atom stereocenters. The second-order valence-corrected chi connectivity index (χ2v) is 6.74. The molecule has 0 aliphatic heterocycles. The Balaban J connectivity index is 2.47. The molecule has 0 unspecified atom stereocenters. The molecule has 0 heterocycles. The molecule has 110 valence electrons. The SMILES string of the molecule is COCCC(C)(C)CNC(=O)[C@H]1[C@@H](C(=O)O)C1(C)C. The maximum absolute atomic E-state index is 12.1. The number of nitrogens with one attached hydrogen (secondary N) is 1. The first kappa shape index (κ1) is 16.0. The number of hydrogen-bond acceptors (Lipinski definition) is 3. The van der Waals surface area contributed by atoms with Gasteiger partial charge in [-0.05, 0) is 17.3 Å². The van der Waals surface area contributed by atoms with Gasteiger partial charge in [0, 0.05) is 20.3 Å². The third-order valence-electron chi connectivity index (χ3n) is 4.10. The van der Waals surface area contributed by atoms with Crippen molar-refractivity contribution in [3.8, 4) is 0 Å². The number of amides is 1. The highest BCUT2D eigenvalue weighted by molar-refractivity contribution is 5.91. The zero-order valence-corrected chi connectivity index (χ0v) is 12.4. The topological polar surface area (TPSA) is 75.6 Å². The number of hydrogen-bond donors (Lipinski definition) is 2. The average Bonchev–Trinajstić information content (AvgIpc) is 2.87. The Morgan fingerprint density at radius 3 is 2.32 bits per heavy atom. The summed E-state index contributed by atoms with van der Waals surface area (Å²) in [6.45, 7) is 8.94. The lowest BCUT2D eigenvalue weighted by molar-refractivity contribution is -0.140. The number of ether oxygens (including phenoxy) is 1. The highest BCUT2D eigenvalue weighted by Gasteiger charge is 2.65. The predicted octanol–water partition coefficient (Wildman–Crippen LogP) is 1.52. The Labute approximate surface area is 114 Å². The van der Waals surface area contributed by atoms with Gasteiger partial charge in [0.2, 0.25) is 5.91 Å². The molecule has 0 radical (unpaired) electrons. The van der Waals surface area contributed by atoms with E-state index in [9.17, 15) is 9.59 Å². The monoisotopic (exact) mass is 271 g/mol. The Kier molecular flexibility index (Phi) is 4.61. The van der Waals surface area contributed by atoms with E-state index in [-0.39, 0.29) is 11.3 Å². The molecular formula is C14H25NO4. The number of aliphatic carboxylic acids is 1. The van der Waals surface area contributed by atoms with E-state index in [0.717, 1.165) is 6.42 Å². The molecule has 0 bridgehead atoms. The minimum Gasteiger partial charge on any atom is -0.481 e. The minimum absolute atomic E-state index is 0.0522. The van der Waals surface area contributed by atoms with Crippen LogP contribution in [0.1, 0.15) is 34.1 Å². The fourth-order valence-corrected chi connectivity index (χ4v) is 2.49. The van der Waals surface area contributed by atoms with Crippen LogP contribution in [0, 0.1) is 22.7 Å². The average molecular weight is 271 g/mol. The number of carboxylic acid groups (broad SMARTS) is 1. The molecule has 0 aromatic heterocycles. The molecular weight excluding hydrogens is 246 g/mol. The van der Waals surface area contributed by atoms with Gasteiger partial charge in [-0.2, -0.15) is 0 Å². The molecule has 2 N–H and O–H groups in total. The number of carbonyl (C=O) groups is 2. The van der Waals surface area contributed by atoms with Gasteiger partial charge >= 0.3 is 5.97 Å². The van der Waals surface area contributed by atoms with Crippen molar-refractivity contribution in [1.82, 2.24) is 5.32 Å². The maximum atomic E-state index is 12.1. The minimum atomic E-state index is -0.885. The summed E-state index contributed by atoms with van der Waals surface area (Å²) in [6, 6.07) is 0. The Bertz CT molecular complexity index is 362. The second-order valence-electron chi connectivity index (χ2n) is 6.74. The predicted molar refractivity (Wildman–Crippen MR) is 71.7 cm³/mol. The molecule has 5 nitrogen and oxygen atoms in total. The van der Waals surface area contributed by atoms with Gasteiger partial charge in [-0.1, -0.05) is 27.7 Å². The molecule has 0 aromatic carbocycles. The van der Waals surface area contributed by atoms with E-state index >= 15 is 0 Å². The molecule has 1 fully saturated rings. The van der Waals surface area contributed by atoms with Crippen molar-refractivity contribution in [2.45, 2.75) is 34.1 Å². The largest absolute Gasteiger partial charge is 0.481 e. The van der Waals surface area contributed by atoms with Crippen molar-refractivity contribution >= 4 is 11.9 Å². The highest BCUT2D eigenvalue weighted by Crippen LogP contribution is 2.58. The summed E-state index contributed by atoms with van der Waals surface area (Å²) >= 11 is 0. The summed E-state index contributed by atoms with van der Waals surface area (Å²) in [4.78, 5) is 23.1. The fraction of sp³-hybridized carbons (Fsp3) is 0.857. The van der Waals surface area contributed by atoms with Gasteiger partial charge in [-0.25, -0.2) is 0 Å². The Hall–Kier alpha value is -1.10. The molecule has 0 saturated heterocycles. The first-order valence-electron chi connectivity index (χ1n) is 6.63. The smallest absolute Gasteiger partial charge is 0.307 e.